The lowest BCUT2D eigenvalue weighted by molar-refractivity contribution is -0.386. The van der Waals surface area contributed by atoms with Gasteiger partial charge in [0.15, 0.2) is 0 Å². The summed E-state index contributed by atoms with van der Waals surface area (Å²) < 4.78 is 0. The number of nitrogens with two attached hydrogens (primary N) is 1. The second-order valence-electron chi connectivity index (χ2n) is 3.04. The second kappa shape index (κ2) is 4.17. The van der Waals surface area contributed by atoms with E-state index in [0.29, 0.717) is 5.56 Å². The van der Waals surface area contributed by atoms with Crippen LogP contribution in [0.2, 0.25) is 0 Å². The van der Waals surface area contributed by atoms with Crippen molar-refractivity contribution < 1.29 is 9.76 Å². The van der Waals surface area contributed by atoms with E-state index in [2.05, 4.69) is 4.84 Å². The smallest absolute Gasteiger partial charge is 0.275 e. The van der Waals surface area contributed by atoms with Crippen molar-refractivity contribution in [3.8, 4) is 0 Å². The minimum atomic E-state index is -0.475. The standard InChI is InChI=1S/C9H12N2O3/c1-6-4-3-5-8(11(12)13)9(6)7(2)14-10/h3-5,7H,10H2,1-2H3. The van der Waals surface area contributed by atoms with Gasteiger partial charge < -0.3 is 0 Å². The van der Waals surface area contributed by atoms with Gasteiger partial charge in [0.2, 0.25) is 0 Å². The quantitative estimate of drug-likeness (QED) is 0.591. The van der Waals surface area contributed by atoms with Crippen molar-refractivity contribution in [3.05, 3.63) is 39.4 Å². The number of aryl methyl sites for hydroxylation is 1. The Hall–Kier alpha value is -1.46. The minimum Gasteiger partial charge on any atom is -0.297 e. The first-order chi connectivity index (χ1) is 6.57. The van der Waals surface area contributed by atoms with Crippen molar-refractivity contribution in [2.75, 3.05) is 0 Å². The molecule has 0 spiro atoms. The van der Waals surface area contributed by atoms with Crippen LogP contribution < -0.4 is 5.90 Å². The van der Waals surface area contributed by atoms with Crippen molar-refractivity contribution >= 4 is 5.69 Å². The summed E-state index contributed by atoms with van der Waals surface area (Å²) in [6.07, 6.45) is -0.475. The molecular formula is C9H12N2O3. The predicted octanol–water partition coefficient (Wildman–Crippen LogP) is 1.85. The maximum Gasteiger partial charge on any atom is 0.275 e. The number of nitro groups is 1. The molecule has 0 heterocycles. The largest absolute Gasteiger partial charge is 0.297 e. The Morgan fingerprint density at radius 2 is 2.21 bits per heavy atom. The van der Waals surface area contributed by atoms with Gasteiger partial charge >= 0.3 is 0 Å². The molecular weight excluding hydrogens is 184 g/mol. The fraction of sp³-hybridized carbons (Fsp3) is 0.333. The van der Waals surface area contributed by atoms with Gasteiger partial charge in [0.1, 0.15) is 6.10 Å². The van der Waals surface area contributed by atoms with E-state index in [4.69, 9.17) is 5.90 Å². The van der Waals surface area contributed by atoms with Crippen molar-refractivity contribution in [2.24, 2.45) is 5.90 Å². The molecule has 1 atom stereocenters. The molecule has 14 heavy (non-hydrogen) atoms. The average Bonchev–Trinajstić information content (AvgIpc) is 2.16. The Labute approximate surface area is 81.6 Å². The van der Waals surface area contributed by atoms with Gasteiger partial charge in [-0.15, -0.1) is 0 Å². The fourth-order valence-electron chi connectivity index (χ4n) is 1.42. The molecule has 0 bridgehead atoms. The summed E-state index contributed by atoms with van der Waals surface area (Å²) in [7, 11) is 0. The molecule has 0 aromatic heterocycles. The molecule has 0 fully saturated rings. The lowest BCUT2D eigenvalue weighted by Gasteiger charge is -2.11. The number of rotatable bonds is 3. The van der Waals surface area contributed by atoms with Gasteiger partial charge in [-0.25, -0.2) is 5.90 Å². The van der Waals surface area contributed by atoms with Gasteiger partial charge in [-0.05, 0) is 19.4 Å². The first-order valence-corrected chi connectivity index (χ1v) is 4.17. The van der Waals surface area contributed by atoms with E-state index < -0.39 is 11.0 Å². The normalized spacial score (nSPS) is 12.5. The number of nitro benzene ring substituents is 1. The van der Waals surface area contributed by atoms with E-state index in [1.807, 2.05) is 0 Å². The van der Waals surface area contributed by atoms with Crippen LogP contribution in [0.3, 0.4) is 0 Å². The Kier molecular flexibility index (Phi) is 3.16. The van der Waals surface area contributed by atoms with Gasteiger partial charge in [-0.2, -0.15) is 0 Å². The number of nitrogens with zero attached hydrogens (tertiary/aromatic N) is 1. The van der Waals surface area contributed by atoms with E-state index in [0.717, 1.165) is 5.56 Å². The topological polar surface area (TPSA) is 78.4 Å². The zero-order valence-corrected chi connectivity index (χ0v) is 8.06. The average molecular weight is 196 g/mol. The predicted molar refractivity (Wildman–Crippen MR) is 51.5 cm³/mol. The Bertz CT molecular complexity index is 352. The van der Waals surface area contributed by atoms with Crippen LogP contribution in [0.4, 0.5) is 5.69 Å². The van der Waals surface area contributed by atoms with E-state index in [-0.39, 0.29) is 5.69 Å². The van der Waals surface area contributed by atoms with Gasteiger partial charge in [-0.3, -0.25) is 15.0 Å². The maximum absolute atomic E-state index is 10.7. The number of hydrogen-bond acceptors (Lipinski definition) is 4. The second-order valence-corrected chi connectivity index (χ2v) is 3.04. The van der Waals surface area contributed by atoms with Crippen LogP contribution in [0.5, 0.6) is 0 Å². The van der Waals surface area contributed by atoms with Crippen molar-refractivity contribution in [1.82, 2.24) is 0 Å². The first-order valence-electron chi connectivity index (χ1n) is 4.17. The molecule has 5 heteroatoms. The molecule has 0 saturated heterocycles. The van der Waals surface area contributed by atoms with E-state index in [1.165, 1.54) is 6.07 Å². The molecule has 0 aliphatic rings. The highest BCUT2D eigenvalue weighted by Gasteiger charge is 2.20. The fourth-order valence-corrected chi connectivity index (χ4v) is 1.42. The van der Waals surface area contributed by atoms with Crippen LogP contribution in [-0.2, 0) is 4.84 Å². The van der Waals surface area contributed by atoms with Crippen LogP contribution in [0, 0.1) is 17.0 Å². The molecule has 1 aromatic rings. The molecule has 2 N–H and O–H groups in total. The van der Waals surface area contributed by atoms with Crippen molar-refractivity contribution in [2.45, 2.75) is 20.0 Å². The lowest BCUT2D eigenvalue weighted by Crippen LogP contribution is -2.09. The summed E-state index contributed by atoms with van der Waals surface area (Å²) in [5.74, 6) is 5.02. The number of hydrogen-bond donors (Lipinski definition) is 1. The maximum atomic E-state index is 10.7. The van der Waals surface area contributed by atoms with Crippen LogP contribution in [0.25, 0.3) is 0 Å². The highest BCUT2D eigenvalue weighted by Crippen LogP contribution is 2.29. The summed E-state index contributed by atoms with van der Waals surface area (Å²) in [4.78, 5) is 14.9. The Morgan fingerprint density at radius 1 is 1.57 bits per heavy atom. The summed E-state index contributed by atoms with van der Waals surface area (Å²) in [6, 6.07) is 4.87. The highest BCUT2D eigenvalue weighted by molar-refractivity contribution is 5.46. The summed E-state index contributed by atoms with van der Waals surface area (Å²) in [5.41, 5.74) is 1.38. The third kappa shape index (κ3) is 1.89. The summed E-state index contributed by atoms with van der Waals surface area (Å²) >= 11 is 0. The summed E-state index contributed by atoms with van der Waals surface area (Å²) in [6.45, 7) is 3.47. The molecule has 0 aliphatic carbocycles. The van der Waals surface area contributed by atoms with Gasteiger partial charge in [-0.1, -0.05) is 12.1 Å². The molecule has 0 saturated carbocycles. The molecule has 5 nitrogen and oxygen atoms in total. The number of benzene rings is 1. The Balaban J connectivity index is 3.29. The van der Waals surface area contributed by atoms with E-state index in [9.17, 15) is 10.1 Å². The van der Waals surface area contributed by atoms with Gasteiger partial charge in [0.05, 0.1) is 10.5 Å². The van der Waals surface area contributed by atoms with E-state index >= 15 is 0 Å². The van der Waals surface area contributed by atoms with Crippen LogP contribution in [0.1, 0.15) is 24.2 Å². The third-order valence-electron chi connectivity index (χ3n) is 2.11. The monoisotopic (exact) mass is 196 g/mol. The molecule has 0 amide bonds. The van der Waals surface area contributed by atoms with Gasteiger partial charge in [0, 0.05) is 6.07 Å². The van der Waals surface area contributed by atoms with Gasteiger partial charge in [0.25, 0.3) is 5.69 Å². The minimum absolute atomic E-state index is 0.0444. The molecule has 0 aliphatic heterocycles. The van der Waals surface area contributed by atoms with Crippen LogP contribution in [0.15, 0.2) is 18.2 Å². The highest BCUT2D eigenvalue weighted by atomic mass is 16.6. The lowest BCUT2D eigenvalue weighted by atomic mass is 10.0. The van der Waals surface area contributed by atoms with Crippen LogP contribution >= 0.6 is 0 Å². The van der Waals surface area contributed by atoms with Crippen LogP contribution in [-0.4, -0.2) is 4.92 Å². The molecule has 1 rings (SSSR count). The zero-order chi connectivity index (χ0) is 10.7. The van der Waals surface area contributed by atoms with Crippen molar-refractivity contribution in [3.63, 3.8) is 0 Å². The summed E-state index contributed by atoms with van der Waals surface area (Å²) in [5, 5.41) is 10.7. The SMILES string of the molecule is Cc1cccc([N+](=O)[O-])c1C(C)ON. The molecule has 76 valence electrons. The van der Waals surface area contributed by atoms with E-state index in [1.54, 1.807) is 26.0 Å². The molecule has 1 aromatic carbocycles. The first kappa shape index (κ1) is 10.6. The molecule has 1 unspecified atom stereocenters. The van der Waals surface area contributed by atoms with Crippen molar-refractivity contribution in [1.29, 1.82) is 0 Å². The third-order valence-corrected chi connectivity index (χ3v) is 2.11. The molecule has 0 radical (unpaired) electrons. The zero-order valence-electron chi connectivity index (χ0n) is 8.06. The Morgan fingerprint density at radius 3 is 2.71 bits per heavy atom.